The molecule has 0 bridgehead atoms. The van der Waals surface area contributed by atoms with Crippen LogP contribution in [-0.4, -0.2) is 18.4 Å². The third kappa shape index (κ3) is 4.42. The summed E-state index contributed by atoms with van der Waals surface area (Å²) in [7, 11) is 0. The molecule has 0 fully saturated rings. The molecular weight excluding hydrogens is 364 g/mol. The number of rotatable bonds is 7. The second-order valence-electron chi connectivity index (χ2n) is 6.61. The SMILES string of the molecule is CCCCOc1ccc(CN2C(=O)C(NC(C)=O)c3cc(Cl)ccc32)cc1. The number of unbranched alkanes of at least 4 members (excludes halogenated alkanes) is 1. The number of anilines is 1. The number of benzene rings is 2. The van der Waals surface area contributed by atoms with Gasteiger partial charge in [-0.25, -0.2) is 0 Å². The fourth-order valence-corrected chi connectivity index (χ4v) is 3.30. The van der Waals surface area contributed by atoms with Crippen LogP contribution in [0.25, 0.3) is 0 Å². The fraction of sp³-hybridized carbons (Fsp3) is 0.333. The van der Waals surface area contributed by atoms with Crippen LogP contribution in [0.3, 0.4) is 0 Å². The molecule has 0 aliphatic carbocycles. The van der Waals surface area contributed by atoms with E-state index in [9.17, 15) is 9.59 Å². The lowest BCUT2D eigenvalue weighted by Crippen LogP contribution is -2.36. The topological polar surface area (TPSA) is 58.6 Å². The Morgan fingerprint density at radius 3 is 2.63 bits per heavy atom. The third-order valence-corrected chi connectivity index (χ3v) is 4.72. The van der Waals surface area contributed by atoms with E-state index in [1.807, 2.05) is 30.3 Å². The summed E-state index contributed by atoms with van der Waals surface area (Å²) in [5.41, 5.74) is 2.48. The highest BCUT2D eigenvalue weighted by Gasteiger charge is 2.37. The van der Waals surface area contributed by atoms with Crippen LogP contribution in [-0.2, 0) is 16.1 Å². The molecule has 1 aliphatic rings. The largest absolute Gasteiger partial charge is 0.494 e. The van der Waals surface area contributed by atoms with E-state index < -0.39 is 6.04 Å². The summed E-state index contributed by atoms with van der Waals surface area (Å²) in [4.78, 5) is 26.1. The Bertz CT molecular complexity index is 836. The van der Waals surface area contributed by atoms with Gasteiger partial charge in [-0.15, -0.1) is 0 Å². The molecule has 2 aromatic carbocycles. The number of hydrogen-bond acceptors (Lipinski definition) is 3. The first-order valence-electron chi connectivity index (χ1n) is 9.09. The van der Waals surface area contributed by atoms with Gasteiger partial charge in [0.2, 0.25) is 5.91 Å². The molecule has 1 heterocycles. The number of carbonyl (C=O) groups excluding carboxylic acids is 2. The number of nitrogens with one attached hydrogen (secondary N) is 1. The van der Waals surface area contributed by atoms with Crippen molar-refractivity contribution in [3.63, 3.8) is 0 Å². The number of ether oxygens (including phenoxy) is 1. The van der Waals surface area contributed by atoms with Gasteiger partial charge in [0.25, 0.3) is 5.91 Å². The first-order chi connectivity index (χ1) is 13.0. The highest BCUT2D eigenvalue weighted by atomic mass is 35.5. The first-order valence-corrected chi connectivity index (χ1v) is 9.47. The van der Waals surface area contributed by atoms with Gasteiger partial charge in [0, 0.05) is 23.2 Å². The maximum absolute atomic E-state index is 12.9. The molecule has 0 aromatic heterocycles. The second-order valence-corrected chi connectivity index (χ2v) is 7.04. The van der Waals surface area contributed by atoms with Gasteiger partial charge >= 0.3 is 0 Å². The number of halogens is 1. The van der Waals surface area contributed by atoms with E-state index in [0.29, 0.717) is 18.2 Å². The summed E-state index contributed by atoms with van der Waals surface area (Å²) >= 11 is 6.09. The molecule has 0 spiro atoms. The smallest absolute Gasteiger partial charge is 0.254 e. The highest BCUT2D eigenvalue weighted by Crippen LogP contribution is 2.38. The molecule has 1 unspecified atom stereocenters. The molecule has 2 aromatic rings. The molecule has 0 saturated heterocycles. The van der Waals surface area contributed by atoms with Crippen LogP contribution in [0.5, 0.6) is 5.75 Å². The van der Waals surface area contributed by atoms with Crippen LogP contribution in [0.4, 0.5) is 5.69 Å². The van der Waals surface area contributed by atoms with E-state index in [1.54, 1.807) is 17.0 Å². The van der Waals surface area contributed by atoms with Crippen molar-refractivity contribution in [3.8, 4) is 5.75 Å². The zero-order valence-corrected chi connectivity index (χ0v) is 16.3. The maximum Gasteiger partial charge on any atom is 0.254 e. The third-order valence-electron chi connectivity index (χ3n) is 4.48. The van der Waals surface area contributed by atoms with Crippen LogP contribution in [0, 0.1) is 0 Å². The summed E-state index contributed by atoms with van der Waals surface area (Å²) in [5.74, 6) is 0.406. The van der Waals surface area contributed by atoms with Crippen molar-refractivity contribution in [1.29, 1.82) is 0 Å². The zero-order valence-electron chi connectivity index (χ0n) is 15.5. The minimum atomic E-state index is -0.701. The molecule has 1 N–H and O–H groups in total. The molecule has 5 nitrogen and oxygen atoms in total. The van der Waals surface area contributed by atoms with Crippen molar-refractivity contribution in [2.45, 2.75) is 39.3 Å². The number of fused-ring (bicyclic) bond motifs is 1. The van der Waals surface area contributed by atoms with Crippen LogP contribution >= 0.6 is 11.6 Å². The van der Waals surface area contributed by atoms with Gasteiger partial charge in [0.1, 0.15) is 11.8 Å². The van der Waals surface area contributed by atoms with Crippen LogP contribution in [0.1, 0.15) is 43.9 Å². The normalized spacial score (nSPS) is 15.6. The Balaban J connectivity index is 1.78. The quantitative estimate of drug-likeness (QED) is 0.724. The lowest BCUT2D eigenvalue weighted by molar-refractivity contribution is -0.126. The van der Waals surface area contributed by atoms with Crippen molar-refractivity contribution >= 4 is 29.1 Å². The molecule has 0 radical (unpaired) electrons. The minimum Gasteiger partial charge on any atom is -0.494 e. The predicted octanol–water partition coefficient (Wildman–Crippen LogP) is 4.24. The Labute approximate surface area is 164 Å². The first kappa shape index (κ1) is 19.2. The van der Waals surface area contributed by atoms with E-state index in [-0.39, 0.29) is 11.8 Å². The van der Waals surface area contributed by atoms with Crippen LogP contribution < -0.4 is 15.0 Å². The summed E-state index contributed by atoms with van der Waals surface area (Å²) in [6.45, 7) is 4.64. The maximum atomic E-state index is 12.9. The van der Waals surface area contributed by atoms with Gasteiger partial charge in [-0.3, -0.25) is 9.59 Å². The average molecular weight is 387 g/mol. The van der Waals surface area contributed by atoms with E-state index in [1.165, 1.54) is 6.92 Å². The van der Waals surface area contributed by atoms with Crippen molar-refractivity contribution in [1.82, 2.24) is 5.32 Å². The monoisotopic (exact) mass is 386 g/mol. The second kappa shape index (κ2) is 8.44. The van der Waals surface area contributed by atoms with Gasteiger partial charge in [-0.2, -0.15) is 0 Å². The molecular formula is C21H23ClN2O3. The number of nitrogens with zero attached hydrogens (tertiary/aromatic N) is 1. The molecule has 2 amide bonds. The van der Waals surface area contributed by atoms with E-state index in [4.69, 9.17) is 16.3 Å². The zero-order chi connectivity index (χ0) is 19.4. The number of amides is 2. The lowest BCUT2D eigenvalue weighted by atomic mass is 10.1. The standard InChI is InChI=1S/C21H23ClN2O3/c1-3-4-11-27-17-8-5-15(6-9-17)13-24-19-10-7-16(22)12-18(19)20(21(24)26)23-14(2)25/h5-10,12,20H,3-4,11,13H2,1-2H3,(H,23,25). The molecule has 1 atom stereocenters. The van der Waals surface area contributed by atoms with Crippen LogP contribution in [0.15, 0.2) is 42.5 Å². The highest BCUT2D eigenvalue weighted by molar-refractivity contribution is 6.31. The summed E-state index contributed by atoms with van der Waals surface area (Å²) in [6.07, 6.45) is 2.11. The summed E-state index contributed by atoms with van der Waals surface area (Å²) in [5, 5.41) is 3.25. The number of hydrogen-bond donors (Lipinski definition) is 1. The van der Waals surface area contributed by atoms with Gasteiger partial charge in [0.15, 0.2) is 0 Å². The average Bonchev–Trinajstić information content (AvgIpc) is 2.88. The molecule has 27 heavy (non-hydrogen) atoms. The Morgan fingerprint density at radius 1 is 1.22 bits per heavy atom. The van der Waals surface area contributed by atoms with E-state index in [2.05, 4.69) is 12.2 Å². The molecule has 3 rings (SSSR count). The van der Waals surface area contributed by atoms with Crippen molar-refractivity contribution in [3.05, 3.63) is 58.6 Å². The van der Waals surface area contributed by atoms with Gasteiger partial charge in [-0.05, 0) is 42.3 Å². The Kier molecular flexibility index (Phi) is 6.01. The Morgan fingerprint density at radius 2 is 1.96 bits per heavy atom. The van der Waals surface area contributed by atoms with Crippen molar-refractivity contribution in [2.75, 3.05) is 11.5 Å². The Hall–Kier alpha value is -2.53. The van der Waals surface area contributed by atoms with Crippen LogP contribution in [0.2, 0.25) is 5.02 Å². The van der Waals surface area contributed by atoms with E-state index in [0.717, 1.165) is 35.4 Å². The van der Waals surface area contributed by atoms with E-state index >= 15 is 0 Å². The molecule has 1 aliphatic heterocycles. The van der Waals surface area contributed by atoms with Gasteiger partial charge < -0.3 is 15.0 Å². The molecule has 6 heteroatoms. The molecule has 0 saturated carbocycles. The number of carbonyl (C=O) groups is 2. The summed E-state index contributed by atoms with van der Waals surface area (Å²) < 4.78 is 5.68. The van der Waals surface area contributed by atoms with Gasteiger partial charge in [-0.1, -0.05) is 37.1 Å². The van der Waals surface area contributed by atoms with Crippen molar-refractivity contribution < 1.29 is 14.3 Å². The lowest BCUT2D eigenvalue weighted by Gasteiger charge is -2.18. The minimum absolute atomic E-state index is 0.161. The fourth-order valence-electron chi connectivity index (χ4n) is 3.12. The predicted molar refractivity (Wildman–Crippen MR) is 106 cm³/mol. The summed E-state index contributed by atoms with van der Waals surface area (Å²) in [6, 6.07) is 12.3. The molecule has 142 valence electrons. The van der Waals surface area contributed by atoms with Gasteiger partial charge in [0.05, 0.1) is 13.2 Å². The van der Waals surface area contributed by atoms with Crippen molar-refractivity contribution in [2.24, 2.45) is 0 Å².